The van der Waals surface area contributed by atoms with E-state index in [4.69, 9.17) is 0 Å². The Morgan fingerprint density at radius 1 is 0.462 bits per heavy atom. The van der Waals surface area contributed by atoms with E-state index >= 15 is 0 Å². The lowest BCUT2D eigenvalue weighted by atomic mass is 10.0. The molecule has 0 heterocycles. The molecule has 0 radical (unpaired) electrons. The predicted octanol–water partition coefficient (Wildman–Crippen LogP) is 8.62. The molecule has 0 aromatic carbocycles. The second-order valence-corrected chi connectivity index (χ2v) is 8.97. The summed E-state index contributed by atoms with van der Waals surface area (Å²) in [6.07, 6.45) is 24.3. The molecule has 0 aliphatic rings. The van der Waals surface area contributed by atoms with Gasteiger partial charge >= 0.3 is 0 Å². The summed E-state index contributed by atoms with van der Waals surface area (Å²) in [6.45, 7) is 13.4. The fourth-order valence-corrected chi connectivity index (χ4v) is 3.81. The quantitative estimate of drug-likeness (QED) is 0.183. The molecule has 0 atom stereocenters. The third-order valence-corrected chi connectivity index (χ3v) is 5.66. The van der Waals surface area contributed by atoms with E-state index in [0.29, 0.717) is 0 Å². The van der Waals surface area contributed by atoms with Crippen LogP contribution in [0, 0.1) is 5.92 Å². The lowest BCUT2D eigenvalue weighted by molar-refractivity contribution is 0.254. The molecular weight excluding hydrogens is 314 g/mol. The first-order chi connectivity index (χ1) is 12.7. The Morgan fingerprint density at radius 3 is 1.19 bits per heavy atom. The van der Waals surface area contributed by atoms with Gasteiger partial charge in [-0.3, -0.25) is 0 Å². The van der Waals surface area contributed by atoms with Crippen molar-refractivity contribution >= 4 is 0 Å². The van der Waals surface area contributed by atoms with E-state index in [0.717, 1.165) is 5.92 Å². The van der Waals surface area contributed by atoms with E-state index in [1.807, 2.05) is 0 Å². The molecule has 0 bridgehead atoms. The van der Waals surface area contributed by atoms with Crippen LogP contribution in [-0.4, -0.2) is 24.5 Å². The molecule has 0 aromatic heterocycles. The van der Waals surface area contributed by atoms with Crippen molar-refractivity contribution in [3.63, 3.8) is 0 Å². The molecule has 0 aliphatic heterocycles. The third-order valence-electron chi connectivity index (χ3n) is 5.66. The van der Waals surface area contributed by atoms with Crippen molar-refractivity contribution in [3.8, 4) is 0 Å². The van der Waals surface area contributed by atoms with Crippen molar-refractivity contribution in [3.05, 3.63) is 0 Å². The van der Waals surface area contributed by atoms with Gasteiger partial charge in [-0.15, -0.1) is 0 Å². The number of nitrogens with zero attached hydrogens (tertiary/aromatic N) is 1. The van der Waals surface area contributed by atoms with Crippen molar-refractivity contribution in [2.45, 2.75) is 137 Å². The number of hydrogen-bond donors (Lipinski definition) is 0. The first kappa shape index (κ1) is 26.0. The van der Waals surface area contributed by atoms with Crippen LogP contribution < -0.4 is 0 Å². The molecule has 1 heteroatoms. The van der Waals surface area contributed by atoms with Gasteiger partial charge in [-0.1, -0.05) is 118 Å². The molecule has 1 nitrogen and oxygen atoms in total. The first-order valence-electron chi connectivity index (χ1n) is 12.4. The molecule has 0 fully saturated rings. The zero-order chi connectivity index (χ0) is 19.3. The summed E-state index contributed by atoms with van der Waals surface area (Å²) in [5.74, 6) is 0.891. The molecular formula is C25H53N. The molecule has 0 aromatic rings. The lowest BCUT2D eigenvalue weighted by Gasteiger charge is -2.22. The van der Waals surface area contributed by atoms with Crippen LogP contribution in [0.15, 0.2) is 0 Å². The SMILES string of the molecule is CCCCCCN(CCCCCC)CCCCCCCCCCC(C)C. The maximum absolute atomic E-state index is 2.78. The normalized spacial score (nSPS) is 11.8. The van der Waals surface area contributed by atoms with E-state index in [-0.39, 0.29) is 0 Å². The van der Waals surface area contributed by atoms with Crippen molar-refractivity contribution in [1.29, 1.82) is 0 Å². The predicted molar refractivity (Wildman–Crippen MR) is 121 cm³/mol. The minimum atomic E-state index is 0.891. The summed E-state index contributed by atoms with van der Waals surface area (Å²) in [4.78, 5) is 2.78. The van der Waals surface area contributed by atoms with E-state index in [9.17, 15) is 0 Å². The van der Waals surface area contributed by atoms with Gasteiger partial charge in [-0.2, -0.15) is 0 Å². The summed E-state index contributed by atoms with van der Waals surface area (Å²) >= 11 is 0. The second kappa shape index (κ2) is 21.3. The van der Waals surface area contributed by atoms with Crippen LogP contribution >= 0.6 is 0 Å². The van der Waals surface area contributed by atoms with Crippen LogP contribution in [0.4, 0.5) is 0 Å². The fourth-order valence-electron chi connectivity index (χ4n) is 3.81. The molecule has 0 N–H and O–H groups in total. The van der Waals surface area contributed by atoms with Crippen LogP contribution in [0.25, 0.3) is 0 Å². The van der Waals surface area contributed by atoms with Gasteiger partial charge in [0.2, 0.25) is 0 Å². The largest absolute Gasteiger partial charge is 0.303 e. The van der Waals surface area contributed by atoms with Gasteiger partial charge in [-0.25, -0.2) is 0 Å². The lowest BCUT2D eigenvalue weighted by Crippen LogP contribution is -2.27. The smallest absolute Gasteiger partial charge is 0.00187 e. The minimum Gasteiger partial charge on any atom is -0.303 e. The van der Waals surface area contributed by atoms with Gasteiger partial charge in [0.1, 0.15) is 0 Å². The van der Waals surface area contributed by atoms with Crippen LogP contribution in [0.5, 0.6) is 0 Å². The van der Waals surface area contributed by atoms with Gasteiger partial charge in [0.25, 0.3) is 0 Å². The summed E-state index contributed by atoms with van der Waals surface area (Å²) in [6, 6.07) is 0. The van der Waals surface area contributed by atoms with Gasteiger partial charge in [0, 0.05) is 0 Å². The van der Waals surface area contributed by atoms with Crippen molar-refractivity contribution in [1.82, 2.24) is 4.90 Å². The fraction of sp³-hybridized carbons (Fsp3) is 1.00. The average molecular weight is 368 g/mol. The highest BCUT2D eigenvalue weighted by molar-refractivity contribution is 4.60. The number of unbranched alkanes of at least 4 members (excludes halogenated alkanes) is 13. The Morgan fingerprint density at radius 2 is 0.808 bits per heavy atom. The summed E-state index contributed by atoms with van der Waals surface area (Å²) in [5.41, 5.74) is 0. The molecule has 0 spiro atoms. The first-order valence-corrected chi connectivity index (χ1v) is 12.4. The number of rotatable bonds is 21. The van der Waals surface area contributed by atoms with Gasteiger partial charge in [0.05, 0.1) is 0 Å². The van der Waals surface area contributed by atoms with E-state index < -0.39 is 0 Å². The molecule has 0 amide bonds. The van der Waals surface area contributed by atoms with Crippen LogP contribution in [0.3, 0.4) is 0 Å². The average Bonchev–Trinajstić information content (AvgIpc) is 2.62. The van der Waals surface area contributed by atoms with Crippen molar-refractivity contribution in [2.24, 2.45) is 5.92 Å². The zero-order valence-corrected chi connectivity index (χ0v) is 19.2. The molecule has 0 rings (SSSR count). The topological polar surface area (TPSA) is 3.24 Å². The highest BCUT2D eigenvalue weighted by atomic mass is 15.1. The molecule has 0 saturated carbocycles. The summed E-state index contributed by atoms with van der Waals surface area (Å²) in [7, 11) is 0. The van der Waals surface area contributed by atoms with Crippen molar-refractivity contribution < 1.29 is 0 Å². The summed E-state index contributed by atoms with van der Waals surface area (Å²) < 4.78 is 0. The third kappa shape index (κ3) is 20.3. The second-order valence-electron chi connectivity index (χ2n) is 8.97. The van der Waals surface area contributed by atoms with Crippen molar-refractivity contribution in [2.75, 3.05) is 19.6 Å². The highest BCUT2D eigenvalue weighted by Crippen LogP contribution is 2.13. The maximum Gasteiger partial charge on any atom is -0.00187 e. The Bertz CT molecular complexity index is 237. The molecule has 158 valence electrons. The van der Waals surface area contributed by atoms with Crippen LogP contribution in [0.2, 0.25) is 0 Å². The zero-order valence-electron chi connectivity index (χ0n) is 19.2. The van der Waals surface area contributed by atoms with Gasteiger partial charge in [-0.05, 0) is 44.8 Å². The van der Waals surface area contributed by atoms with Crippen LogP contribution in [0.1, 0.15) is 137 Å². The van der Waals surface area contributed by atoms with Crippen LogP contribution in [-0.2, 0) is 0 Å². The Kier molecular flexibility index (Phi) is 21.2. The van der Waals surface area contributed by atoms with Gasteiger partial charge < -0.3 is 4.90 Å². The monoisotopic (exact) mass is 367 g/mol. The Labute approximate surface area is 167 Å². The van der Waals surface area contributed by atoms with E-state index in [1.54, 1.807) is 0 Å². The maximum atomic E-state index is 2.78. The molecule has 0 aliphatic carbocycles. The van der Waals surface area contributed by atoms with E-state index in [1.165, 1.54) is 129 Å². The van der Waals surface area contributed by atoms with Gasteiger partial charge in [0.15, 0.2) is 0 Å². The summed E-state index contributed by atoms with van der Waals surface area (Å²) in [5, 5.41) is 0. The minimum absolute atomic E-state index is 0.891. The Balaban J connectivity index is 3.60. The molecule has 0 saturated heterocycles. The van der Waals surface area contributed by atoms with E-state index in [2.05, 4.69) is 32.6 Å². The molecule has 26 heavy (non-hydrogen) atoms. The highest BCUT2D eigenvalue weighted by Gasteiger charge is 2.04. The number of hydrogen-bond acceptors (Lipinski definition) is 1. The molecule has 0 unspecified atom stereocenters. The Hall–Kier alpha value is -0.0400. The standard InChI is InChI=1S/C25H53N/c1-5-7-9-18-22-26(23-19-10-8-6-2)24-20-16-14-12-11-13-15-17-21-25(3)4/h25H,5-24H2,1-4H3.